The van der Waals surface area contributed by atoms with Crippen molar-refractivity contribution in [3.05, 3.63) is 119 Å². The molecule has 3 N–H and O–H groups in total. The number of alkyl halides is 3. The van der Waals surface area contributed by atoms with Gasteiger partial charge in [0.15, 0.2) is 0 Å². The number of aliphatic hydroxyl groups is 1. The molecule has 9 rings (SSSR count). The fraction of sp³-hybridized carbons (Fsp3) is 0.209. The van der Waals surface area contributed by atoms with E-state index >= 15 is 0 Å². The van der Waals surface area contributed by atoms with Gasteiger partial charge in [-0.15, -0.1) is 0 Å². The van der Waals surface area contributed by atoms with Crippen molar-refractivity contribution < 1.29 is 27.5 Å². The second-order valence-corrected chi connectivity index (χ2v) is 14.3. The molecule has 1 fully saturated rings. The van der Waals surface area contributed by atoms with E-state index in [4.69, 9.17) is 4.98 Å². The molecule has 3 aromatic carbocycles. The van der Waals surface area contributed by atoms with Gasteiger partial charge in [0.05, 0.1) is 33.7 Å². The quantitative estimate of drug-likeness (QED) is 0.119. The van der Waals surface area contributed by atoms with Crippen molar-refractivity contribution in [1.29, 1.82) is 5.26 Å². The Hall–Kier alpha value is -6.92. The largest absolute Gasteiger partial charge is 0.417 e. The first-order valence-electron chi connectivity index (χ1n) is 18.3. The number of aromatic nitrogens is 6. The van der Waals surface area contributed by atoms with Gasteiger partial charge in [-0.25, -0.2) is 14.4 Å². The number of fused-ring (bicyclic) bond motifs is 7. The normalized spacial score (nSPS) is 15.6. The Bertz CT molecular complexity index is 2880. The number of nitriles is 1. The maximum Gasteiger partial charge on any atom is 0.417 e. The lowest BCUT2D eigenvalue weighted by Crippen LogP contribution is -2.49. The van der Waals surface area contributed by atoms with E-state index in [2.05, 4.69) is 24.9 Å². The second kappa shape index (κ2) is 14.5. The number of nitrogens with zero attached hydrogens (tertiary/aromatic N) is 7. The van der Waals surface area contributed by atoms with Crippen molar-refractivity contribution in [3.8, 4) is 17.5 Å². The van der Waals surface area contributed by atoms with E-state index in [1.807, 2.05) is 44.2 Å². The molecule has 2 atom stereocenters. The Morgan fingerprint density at radius 1 is 0.914 bits per heavy atom. The molecule has 0 spiro atoms. The highest BCUT2D eigenvalue weighted by molar-refractivity contribution is 6.21. The van der Waals surface area contributed by atoms with Gasteiger partial charge in [-0.2, -0.15) is 18.4 Å². The molecule has 2 unspecified atom stereocenters. The smallest absolute Gasteiger partial charge is 0.390 e. The highest BCUT2D eigenvalue weighted by atomic mass is 19.4. The van der Waals surface area contributed by atoms with Crippen LogP contribution in [0.5, 0.6) is 0 Å². The van der Waals surface area contributed by atoms with Crippen LogP contribution in [0.3, 0.4) is 0 Å². The number of amides is 1. The molecular formula is C43H35F4N9O2. The molecule has 0 radical (unpaired) electrons. The lowest BCUT2D eigenvalue weighted by molar-refractivity contribution is -0.137. The monoisotopic (exact) mass is 785 g/mol. The summed E-state index contributed by atoms with van der Waals surface area (Å²) in [5.41, 5.74) is 5.92. The number of aryl methyl sites for hydroxylation is 3. The summed E-state index contributed by atoms with van der Waals surface area (Å²) in [5, 5.41) is 22.6. The SMILES string of the molecule is Cc1[nH]c2ccc(F)cc2c1-c1nc2c3cccnc3c3ncccc3c2[nH]1.Cc1cccc(N(C)C(=O)C2C(O)CCN2c2nc(C)cc(C(F)(F)F)c2C#N)c1. The number of pyridine rings is 3. The average Bonchev–Trinajstić information content (AvgIpc) is 3.91. The minimum absolute atomic E-state index is 0.0657. The number of H-pyrrole nitrogens is 2. The van der Waals surface area contributed by atoms with Gasteiger partial charge in [-0.05, 0) is 93.4 Å². The second-order valence-electron chi connectivity index (χ2n) is 14.3. The van der Waals surface area contributed by atoms with Gasteiger partial charge in [-0.1, -0.05) is 12.1 Å². The summed E-state index contributed by atoms with van der Waals surface area (Å²) in [6, 6.07) is 21.0. The number of hydrogen-bond acceptors (Lipinski definition) is 8. The van der Waals surface area contributed by atoms with E-state index in [9.17, 15) is 32.7 Å². The fourth-order valence-electron chi connectivity index (χ4n) is 7.74. The molecule has 1 aliphatic rings. The van der Waals surface area contributed by atoms with Crippen molar-refractivity contribution >= 4 is 61.2 Å². The zero-order valence-electron chi connectivity index (χ0n) is 31.6. The molecule has 5 aromatic heterocycles. The van der Waals surface area contributed by atoms with Crippen LogP contribution in [0.1, 0.15) is 34.5 Å². The number of carbonyl (C=O) groups excluding carboxylic acids is 1. The maximum atomic E-state index is 13.9. The van der Waals surface area contributed by atoms with Crippen LogP contribution in [0.25, 0.3) is 55.1 Å². The summed E-state index contributed by atoms with van der Waals surface area (Å²) in [4.78, 5) is 40.8. The minimum atomic E-state index is -4.75. The molecule has 0 aliphatic carbocycles. The van der Waals surface area contributed by atoms with Crippen molar-refractivity contribution in [2.75, 3.05) is 23.4 Å². The molecule has 58 heavy (non-hydrogen) atoms. The number of hydrogen-bond donors (Lipinski definition) is 3. The van der Waals surface area contributed by atoms with Crippen LogP contribution in [0.4, 0.5) is 29.1 Å². The topological polar surface area (TPSA) is 151 Å². The van der Waals surface area contributed by atoms with Gasteiger partial charge >= 0.3 is 6.18 Å². The summed E-state index contributed by atoms with van der Waals surface area (Å²) >= 11 is 0. The van der Waals surface area contributed by atoms with Crippen LogP contribution in [-0.4, -0.2) is 66.7 Å². The highest BCUT2D eigenvalue weighted by Crippen LogP contribution is 2.39. The Morgan fingerprint density at radius 2 is 1.64 bits per heavy atom. The predicted molar refractivity (Wildman–Crippen MR) is 214 cm³/mol. The van der Waals surface area contributed by atoms with Crippen LogP contribution >= 0.6 is 0 Å². The van der Waals surface area contributed by atoms with Crippen LogP contribution in [0.2, 0.25) is 0 Å². The molecule has 8 aromatic rings. The third kappa shape index (κ3) is 6.60. The van der Waals surface area contributed by atoms with E-state index in [0.29, 0.717) is 11.5 Å². The van der Waals surface area contributed by atoms with Gasteiger partial charge in [0.2, 0.25) is 0 Å². The van der Waals surface area contributed by atoms with Crippen LogP contribution in [0.15, 0.2) is 85.2 Å². The van der Waals surface area contributed by atoms with E-state index in [-0.39, 0.29) is 30.3 Å². The summed E-state index contributed by atoms with van der Waals surface area (Å²) in [7, 11) is 1.54. The first-order valence-corrected chi connectivity index (χ1v) is 18.3. The Balaban J connectivity index is 0.000000162. The maximum absolute atomic E-state index is 13.9. The average molecular weight is 786 g/mol. The van der Waals surface area contributed by atoms with E-state index in [0.717, 1.165) is 66.6 Å². The number of aromatic amines is 2. The van der Waals surface area contributed by atoms with Crippen LogP contribution < -0.4 is 9.80 Å². The lowest BCUT2D eigenvalue weighted by atomic mass is 10.1. The van der Waals surface area contributed by atoms with E-state index in [1.54, 1.807) is 48.8 Å². The minimum Gasteiger partial charge on any atom is -0.390 e. The Labute approximate surface area is 328 Å². The molecule has 0 bridgehead atoms. The van der Waals surface area contributed by atoms with Crippen LogP contribution in [-0.2, 0) is 11.0 Å². The molecule has 6 heterocycles. The number of anilines is 2. The standard InChI is InChI=1S/C22H14FN5.C21H21F3N4O2/c1-11-17(15-10-12(23)6-7-16(15)26-11)22-27-20-13-4-2-8-24-18(13)19-14(21(20)28-22)5-3-9-25-19;1-12-5-4-6-14(9-12)27(3)20(30)18-17(29)7-8-28(18)19-15(11-25)16(21(22,23)24)10-13(2)26-19/h2-10,26H,1H3,(H,27,28);4-6,9-10,17-18,29H,7-8H2,1-3H3. The molecule has 1 amide bonds. The predicted octanol–water partition coefficient (Wildman–Crippen LogP) is 8.45. The van der Waals surface area contributed by atoms with Crippen molar-refractivity contribution in [2.45, 2.75) is 45.5 Å². The Morgan fingerprint density at radius 3 is 2.34 bits per heavy atom. The van der Waals surface area contributed by atoms with Crippen molar-refractivity contribution in [2.24, 2.45) is 0 Å². The van der Waals surface area contributed by atoms with Crippen molar-refractivity contribution in [1.82, 2.24) is 29.9 Å². The number of halogens is 4. The summed E-state index contributed by atoms with van der Waals surface area (Å²) in [5.74, 6) is -0.303. The van der Waals surface area contributed by atoms with E-state index in [1.165, 1.54) is 29.8 Å². The summed E-state index contributed by atoms with van der Waals surface area (Å²) in [6.07, 6.45) is -2.15. The molecule has 0 saturated carbocycles. The first-order chi connectivity index (χ1) is 27.7. The Kier molecular flexibility index (Phi) is 9.52. The number of benzene rings is 3. The number of carbonyl (C=O) groups is 1. The number of imidazole rings is 1. The fourth-order valence-corrected chi connectivity index (χ4v) is 7.74. The molecule has 292 valence electrons. The molecular weight excluding hydrogens is 751 g/mol. The van der Waals surface area contributed by atoms with E-state index < -0.39 is 35.4 Å². The third-order valence-corrected chi connectivity index (χ3v) is 10.4. The van der Waals surface area contributed by atoms with Gasteiger partial charge in [0, 0.05) is 70.3 Å². The van der Waals surface area contributed by atoms with Gasteiger partial charge in [0.25, 0.3) is 5.91 Å². The number of aliphatic hydroxyl groups excluding tert-OH is 1. The number of nitrogens with one attached hydrogen (secondary N) is 2. The zero-order chi connectivity index (χ0) is 41.0. The van der Waals surface area contributed by atoms with Gasteiger partial charge < -0.3 is 24.9 Å². The third-order valence-electron chi connectivity index (χ3n) is 10.4. The highest BCUT2D eigenvalue weighted by Gasteiger charge is 2.44. The van der Waals surface area contributed by atoms with Crippen molar-refractivity contribution in [3.63, 3.8) is 0 Å². The van der Waals surface area contributed by atoms with Gasteiger partial charge in [0.1, 0.15) is 35.1 Å². The number of likely N-dealkylation sites (N-methyl/N-ethyl adjacent to an activating group) is 1. The lowest BCUT2D eigenvalue weighted by Gasteiger charge is -2.31. The summed E-state index contributed by atoms with van der Waals surface area (Å²) in [6.45, 7) is 5.33. The molecule has 1 saturated heterocycles. The molecule has 11 nitrogen and oxygen atoms in total. The molecule has 15 heteroatoms. The zero-order valence-corrected chi connectivity index (χ0v) is 31.6. The molecule has 1 aliphatic heterocycles. The summed E-state index contributed by atoms with van der Waals surface area (Å²) < 4.78 is 54.3. The van der Waals surface area contributed by atoms with Crippen LogP contribution in [0, 0.1) is 37.9 Å². The van der Waals surface area contributed by atoms with Gasteiger partial charge in [-0.3, -0.25) is 14.8 Å². The first kappa shape index (κ1) is 38.0. The number of rotatable bonds is 4.